The summed E-state index contributed by atoms with van der Waals surface area (Å²) in [5, 5.41) is 3.08. The van der Waals surface area contributed by atoms with Gasteiger partial charge in [-0.05, 0) is 66.7 Å². The Morgan fingerprint density at radius 3 is 2.38 bits per heavy atom. The van der Waals surface area contributed by atoms with Gasteiger partial charge in [0.2, 0.25) is 0 Å². The van der Waals surface area contributed by atoms with Crippen LogP contribution in [0, 0.1) is 20.8 Å². The summed E-state index contributed by atoms with van der Waals surface area (Å²) < 4.78 is 3.04. The summed E-state index contributed by atoms with van der Waals surface area (Å²) >= 11 is 3.47. The normalized spacial score (nSPS) is 14.3. The van der Waals surface area contributed by atoms with Gasteiger partial charge in [-0.2, -0.15) is 0 Å². The maximum atomic E-state index is 12.6. The highest BCUT2D eigenvalue weighted by Crippen LogP contribution is 2.37. The van der Waals surface area contributed by atoms with Crippen LogP contribution in [-0.4, -0.2) is 10.5 Å². The number of benzene rings is 1. The highest BCUT2D eigenvalue weighted by atomic mass is 79.9. The van der Waals surface area contributed by atoms with E-state index in [0.717, 1.165) is 39.8 Å². The number of hydrogen-bond donors (Lipinski definition) is 1. The van der Waals surface area contributed by atoms with E-state index in [0.29, 0.717) is 6.04 Å². The molecule has 0 atom stereocenters. The molecule has 0 radical (unpaired) electrons. The number of anilines is 1. The lowest BCUT2D eigenvalue weighted by molar-refractivity contribution is 0.101. The van der Waals surface area contributed by atoms with Crippen LogP contribution in [0.4, 0.5) is 5.69 Å². The summed E-state index contributed by atoms with van der Waals surface area (Å²) in [6, 6.07) is 6.57. The molecule has 0 spiro atoms. The minimum Gasteiger partial charge on any atom is -0.339 e. The largest absolute Gasteiger partial charge is 0.339 e. The molecule has 1 aliphatic carbocycles. The summed E-state index contributed by atoms with van der Waals surface area (Å²) in [6.07, 6.45) is 4.31. The topological polar surface area (TPSA) is 34.0 Å². The molecule has 0 unspecified atom stereocenters. The van der Waals surface area contributed by atoms with E-state index in [1.54, 1.807) is 0 Å². The minimum atomic E-state index is -0.0392. The van der Waals surface area contributed by atoms with Crippen molar-refractivity contribution in [2.45, 2.75) is 39.7 Å². The van der Waals surface area contributed by atoms with Gasteiger partial charge in [-0.25, -0.2) is 0 Å². The van der Waals surface area contributed by atoms with Crippen molar-refractivity contribution in [3.05, 3.63) is 51.3 Å². The van der Waals surface area contributed by atoms with Gasteiger partial charge in [-0.1, -0.05) is 17.7 Å². The van der Waals surface area contributed by atoms with E-state index in [1.165, 1.54) is 5.56 Å². The molecule has 0 aliphatic heterocycles. The third-order valence-corrected chi connectivity index (χ3v) is 4.34. The van der Waals surface area contributed by atoms with Crippen LogP contribution in [0.3, 0.4) is 0 Å². The van der Waals surface area contributed by atoms with Gasteiger partial charge < -0.3 is 9.88 Å². The fourth-order valence-electron chi connectivity index (χ4n) is 2.84. The van der Waals surface area contributed by atoms with E-state index >= 15 is 0 Å². The van der Waals surface area contributed by atoms with E-state index in [9.17, 15) is 4.79 Å². The van der Waals surface area contributed by atoms with Gasteiger partial charge in [-0.15, -0.1) is 0 Å². The fourth-order valence-corrected chi connectivity index (χ4v) is 3.27. The third kappa shape index (κ3) is 2.91. The number of hydrogen-bond acceptors (Lipinski definition) is 1. The number of halogens is 1. The molecule has 1 saturated carbocycles. The second-order valence-corrected chi connectivity index (χ2v) is 6.83. The number of amides is 1. The van der Waals surface area contributed by atoms with Crippen LogP contribution < -0.4 is 5.32 Å². The summed E-state index contributed by atoms with van der Waals surface area (Å²) in [5.41, 5.74) is 5.06. The second kappa shape index (κ2) is 5.34. The first kappa shape index (κ1) is 14.4. The molecule has 21 heavy (non-hydrogen) atoms. The lowest BCUT2D eigenvalue weighted by atomic mass is 10.1. The molecule has 1 heterocycles. The molecular formula is C17H19BrN2O. The zero-order valence-corrected chi connectivity index (χ0v) is 14.1. The quantitative estimate of drug-likeness (QED) is 0.853. The van der Waals surface area contributed by atoms with E-state index in [1.807, 2.05) is 26.1 Å². The molecule has 1 aromatic carbocycles. The second-order valence-electron chi connectivity index (χ2n) is 5.91. The van der Waals surface area contributed by atoms with Gasteiger partial charge in [0.25, 0.3) is 5.91 Å². The van der Waals surface area contributed by atoms with Crippen molar-refractivity contribution in [2.75, 3.05) is 5.32 Å². The van der Waals surface area contributed by atoms with Crippen molar-refractivity contribution >= 4 is 27.5 Å². The van der Waals surface area contributed by atoms with Crippen molar-refractivity contribution in [1.29, 1.82) is 0 Å². The predicted octanol–water partition coefficient (Wildman–Crippen LogP) is 4.76. The Hall–Kier alpha value is -1.55. The molecule has 4 heteroatoms. The number of nitrogens with one attached hydrogen (secondary N) is 1. The third-order valence-electron chi connectivity index (χ3n) is 3.90. The first-order valence-corrected chi connectivity index (χ1v) is 8.01. The molecule has 3 rings (SSSR count). The number of aryl methyl sites for hydroxylation is 3. The van der Waals surface area contributed by atoms with Crippen molar-refractivity contribution in [3.8, 4) is 0 Å². The summed E-state index contributed by atoms with van der Waals surface area (Å²) in [7, 11) is 0. The van der Waals surface area contributed by atoms with Gasteiger partial charge in [0.05, 0.1) is 0 Å². The van der Waals surface area contributed by atoms with Gasteiger partial charge in [-0.3, -0.25) is 4.79 Å². The fraction of sp³-hybridized carbons (Fsp3) is 0.353. The Morgan fingerprint density at radius 2 is 1.81 bits per heavy atom. The molecular weight excluding hydrogens is 328 g/mol. The molecule has 1 N–H and O–H groups in total. The maximum Gasteiger partial charge on any atom is 0.272 e. The smallest absolute Gasteiger partial charge is 0.272 e. The Kier molecular flexibility index (Phi) is 3.66. The Labute approximate surface area is 133 Å². The number of carbonyl (C=O) groups excluding carboxylic acids is 1. The average Bonchev–Trinajstić information content (AvgIpc) is 3.16. The Morgan fingerprint density at radius 1 is 1.19 bits per heavy atom. The van der Waals surface area contributed by atoms with Crippen LogP contribution in [0.1, 0.15) is 46.1 Å². The molecule has 1 aliphatic rings. The Bertz CT molecular complexity index is 691. The van der Waals surface area contributed by atoms with Crippen LogP contribution in [-0.2, 0) is 0 Å². The molecule has 110 valence electrons. The minimum absolute atomic E-state index is 0.0392. The van der Waals surface area contributed by atoms with Gasteiger partial charge >= 0.3 is 0 Å². The van der Waals surface area contributed by atoms with Crippen molar-refractivity contribution in [2.24, 2.45) is 0 Å². The molecule has 3 nitrogen and oxygen atoms in total. The highest BCUT2D eigenvalue weighted by Gasteiger charge is 2.28. The summed E-state index contributed by atoms with van der Waals surface area (Å²) in [6.45, 7) is 6.14. The Balaban J connectivity index is 1.90. The lowest BCUT2D eigenvalue weighted by Gasteiger charge is -2.14. The lowest BCUT2D eigenvalue weighted by Crippen LogP contribution is -2.17. The van der Waals surface area contributed by atoms with Crippen molar-refractivity contribution < 1.29 is 4.79 Å². The predicted molar refractivity (Wildman–Crippen MR) is 89.0 cm³/mol. The average molecular weight is 347 g/mol. The standard InChI is InChI=1S/C17H19BrN2O/c1-10-6-11(2)16(12(3)7-10)19-17(21)15-8-13(18)9-20(15)14-4-5-14/h6-9,14H,4-5H2,1-3H3,(H,19,21). The molecule has 1 amide bonds. The van der Waals surface area contributed by atoms with Gasteiger partial charge in [0.1, 0.15) is 5.69 Å². The maximum absolute atomic E-state index is 12.6. The van der Waals surface area contributed by atoms with E-state index < -0.39 is 0 Å². The van der Waals surface area contributed by atoms with Crippen LogP contribution in [0.2, 0.25) is 0 Å². The first-order chi connectivity index (χ1) is 9.95. The number of rotatable bonds is 3. The van der Waals surface area contributed by atoms with Crippen molar-refractivity contribution in [3.63, 3.8) is 0 Å². The van der Waals surface area contributed by atoms with E-state index in [2.05, 4.69) is 44.9 Å². The number of carbonyl (C=O) groups is 1. The highest BCUT2D eigenvalue weighted by molar-refractivity contribution is 9.10. The molecule has 1 aromatic heterocycles. The monoisotopic (exact) mass is 346 g/mol. The van der Waals surface area contributed by atoms with Gasteiger partial charge in [0, 0.05) is 22.4 Å². The van der Waals surface area contributed by atoms with Crippen LogP contribution in [0.25, 0.3) is 0 Å². The number of nitrogens with zero attached hydrogens (tertiary/aromatic N) is 1. The number of aromatic nitrogens is 1. The zero-order valence-electron chi connectivity index (χ0n) is 12.5. The molecule has 0 bridgehead atoms. The van der Waals surface area contributed by atoms with E-state index in [4.69, 9.17) is 0 Å². The zero-order chi connectivity index (χ0) is 15.1. The van der Waals surface area contributed by atoms with Crippen LogP contribution in [0.15, 0.2) is 28.9 Å². The first-order valence-electron chi connectivity index (χ1n) is 7.22. The summed E-state index contributed by atoms with van der Waals surface area (Å²) in [4.78, 5) is 12.6. The van der Waals surface area contributed by atoms with E-state index in [-0.39, 0.29) is 5.91 Å². The molecule has 0 saturated heterocycles. The SMILES string of the molecule is Cc1cc(C)c(NC(=O)c2cc(Br)cn2C2CC2)c(C)c1. The van der Waals surface area contributed by atoms with Crippen LogP contribution >= 0.6 is 15.9 Å². The van der Waals surface area contributed by atoms with Gasteiger partial charge in [0.15, 0.2) is 0 Å². The molecule has 1 fully saturated rings. The summed E-state index contributed by atoms with van der Waals surface area (Å²) in [5.74, 6) is -0.0392. The molecule has 2 aromatic rings. The van der Waals surface area contributed by atoms with Crippen LogP contribution in [0.5, 0.6) is 0 Å². The van der Waals surface area contributed by atoms with Crippen molar-refractivity contribution in [1.82, 2.24) is 4.57 Å².